The molecule has 0 unspecified atom stereocenters. The zero-order valence-electron chi connectivity index (χ0n) is 14.2. The first kappa shape index (κ1) is 15.5. The minimum absolute atomic E-state index is 0.891. The van der Waals surface area contributed by atoms with Crippen LogP contribution >= 0.6 is 0 Å². The maximum atomic E-state index is 4.83. The maximum Gasteiger partial charge on any atom is 0.0713 e. The molecule has 0 N–H and O–H groups in total. The molecule has 0 saturated carbocycles. The van der Waals surface area contributed by atoms with Gasteiger partial charge in [-0.1, -0.05) is 30.3 Å². The molecular weight excluding hydrogens is 282 g/mol. The molecule has 0 radical (unpaired) electrons. The predicted molar refractivity (Wildman–Crippen MR) is 97.9 cm³/mol. The van der Waals surface area contributed by atoms with Gasteiger partial charge >= 0.3 is 0 Å². The molecular formula is C20H23N3. The van der Waals surface area contributed by atoms with Crippen LogP contribution in [0.25, 0.3) is 11.6 Å². The Hall–Kier alpha value is -2.39. The monoisotopic (exact) mass is 305 g/mol. The van der Waals surface area contributed by atoms with Crippen molar-refractivity contribution in [2.75, 3.05) is 39.6 Å². The van der Waals surface area contributed by atoms with Crippen LogP contribution in [0.3, 0.4) is 0 Å². The van der Waals surface area contributed by atoms with Crippen molar-refractivity contribution in [2.45, 2.75) is 0 Å². The summed E-state index contributed by atoms with van der Waals surface area (Å²) in [4.78, 5) is 9.12. The van der Waals surface area contributed by atoms with E-state index in [0.717, 1.165) is 17.6 Å². The number of anilines is 1. The molecule has 0 saturated heterocycles. The highest BCUT2D eigenvalue weighted by atomic mass is 15.1. The maximum absolute atomic E-state index is 4.83. The van der Waals surface area contributed by atoms with Crippen molar-refractivity contribution in [3.63, 3.8) is 0 Å². The van der Waals surface area contributed by atoms with E-state index in [1.807, 2.05) is 6.07 Å². The lowest BCUT2D eigenvalue weighted by Gasteiger charge is -2.13. The van der Waals surface area contributed by atoms with E-state index in [1.54, 1.807) is 0 Å². The van der Waals surface area contributed by atoms with E-state index in [0.29, 0.717) is 0 Å². The van der Waals surface area contributed by atoms with Gasteiger partial charge < -0.3 is 9.80 Å². The molecule has 0 aromatic heterocycles. The molecule has 1 heterocycles. The molecule has 118 valence electrons. The topological polar surface area (TPSA) is 18.8 Å². The Balaban J connectivity index is 2.03. The van der Waals surface area contributed by atoms with Crippen molar-refractivity contribution in [1.82, 2.24) is 4.90 Å². The zero-order valence-corrected chi connectivity index (χ0v) is 14.2. The smallest absolute Gasteiger partial charge is 0.0713 e. The highest BCUT2D eigenvalue weighted by Crippen LogP contribution is 2.20. The van der Waals surface area contributed by atoms with Crippen LogP contribution in [0.4, 0.5) is 5.69 Å². The highest BCUT2D eigenvalue weighted by molar-refractivity contribution is 5.76. The number of fused-ring (bicyclic) bond motifs is 1. The second-order valence-electron chi connectivity index (χ2n) is 6.36. The van der Waals surface area contributed by atoms with Gasteiger partial charge in [-0.3, -0.25) is 0 Å². The molecule has 0 spiro atoms. The number of benzene rings is 2. The van der Waals surface area contributed by atoms with E-state index in [1.165, 1.54) is 22.0 Å². The van der Waals surface area contributed by atoms with Crippen molar-refractivity contribution in [3.05, 3.63) is 70.4 Å². The predicted octanol–water partition coefficient (Wildman–Crippen LogP) is 2.14. The average Bonchev–Trinajstić information content (AvgIpc) is 2.85. The second kappa shape index (κ2) is 6.39. The Labute approximate surface area is 137 Å². The SMILES string of the molecule is CN(C)CC1=c2ccccc2=N/C1=C\c1ccc(N(C)C)cc1. The highest BCUT2D eigenvalue weighted by Gasteiger charge is 2.13. The minimum atomic E-state index is 0.891. The molecule has 0 atom stereocenters. The number of hydrogen-bond donors (Lipinski definition) is 0. The van der Waals surface area contributed by atoms with Gasteiger partial charge in [-0.15, -0.1) is 0 Å². The first-order valence-corrected chi connectivity index (χ1v) is 7.86. The van der Waals surface area contributed by atoms with Crippen LogP contribution in [-0.2, 0) is 0 Å². The van der Waals surface area contributed by atoms with Crippen molar-refractivity contribution in [2.24, 2.45) is 4.99 Å². The molecule has 2 aromatic carbocycles. The third-order valence-corrected chi connectivity index (χ3v) is 3.97. The summed E-state index contributed by atoms with van der Waals surface area (Å²) in [6.45, 7) is 0.891. The van der Waals surface area contributed by atoms with Gasteiger partial charge in [-0.25, -0.2) is 4.99 Å². The molecule has 1 aliphatic rings. The quantitative estimate of drug-likeness (QED) is 0.862. The van der Waals surface area contributed by atoms with Crippen LogP contribution in [0.1, 0.15) is 5.56 Å². The van der Waals surface area contributed by atoms with E-state index >= 15 is 0 Å². The van der Waals surface area contributed by atoms with E-state index in [4.69, 9.17) is 4.99 Å². The van der Waals surface area contributed by atoms with Crippen LogP contribution in [-0.4, -0.2) is 39.6 Å². The van der Waals surface area contributed by atoms with E-state index in [-0.39, 0.29) is 0 Å². The Bertz CT molecular complexity index is 843. The Morgan fingerprint density at radius 1 is 0.913 bits per heavy atom. The molecule has 0 aliphatic carbocycles. The number of nitrogens with zero attached hydrogens (tertiary/aromatic N) is 3. The molecule has 3 rings (SSSR count). The second-order valence-corrected chi connectivity index (χ2v) is 6.36. The minimum Gasteiger partial charge on any atom is -0.378 e. The fraction of sp³-hybridized carbons (Fsp3) is 0.250. The van der Waals surface area contributed by atoms with Crippen LogP contribution in [0.15, 0.2) is 59.2 Å². The Kier molecular flexibility index (Phi) is 4.30. The first-order valence-electron chi connectivity index (χ1n) is 7.86. The summed E-state index contributed by atoms with van der Waals surface area (Å²) in [6.07, 6.45) is 2.18. The van der Waals surface area contributed by atoms with Gasteiger partial charge in [0, 0.05) is 37.1 Å². The van der Waals surface area contributed by atoms with E-state index in [9.17, 15) is 0 Å². The van der Waals surface area contributed by atoms with Crippen LogP contribution in [0.5, 0.6) is 0 Å². The molecule has 1 aliphatic heterocycles. The number of para-hydroxylation sites is 1. The molecule has 3 nitrogen and oxygen atoms in total. The van der Waals surface area contributed by atoms with Crippen molar-refractivity contribution < 1.29 is 0 Å². The Morgan fingerprint density at radius 3 is 2.26 bits per heavy atom. The van der Waals surface area contributed by atoms with Gasteiger partial charge in [0.05, 0.1) is 11.1 Å². The Morgan fingerprint density at radius 2 is 1.61 bits per heavy atom. The van der Waals surface area contributed by atoms with Crippen molar-refractivity contribution in [1.29, 1.82) is 0 Å². The molecule has 2 aromatic rings. The molecule has 0 amide bonds. The third kappa shape index (κ3) is 3.35. The van der Waals surface area contributed by atoms with Crippen LogP contribution in [0, 0.1) is 0 Å². The summed E-state index contributed by atoms with van der Waals surface area (Å²) in [5.41, 5.74) is 4.74. The van der Waals surface area contributed by atoms with Crippen LogP contribution < -0.4 is 15.5 Å². The lowest BCUT2D eigenvalue weighted by Crippen LogP contribution is -2.26. The average molecular weight is 305 g/mol. The van der Waals surface area contributed by atoms with Gasteiger partial charge in [-0.2, -0.15) is 0 Å². The standard InChI is InChI=1S/C20H23N3/c1-22(2)14-18-17-7-5-6-8-19(17)21-20(18)13-15-9-11-16(12-10-15)23(3)4/h5-13H,14H2,1-4H3/b20-13-. The largest absolute Gasteiger partial charge is 0.378 e. The molecule has 23 heavy (non-hydrogen) atoms. The summed E-state index contributed by atoms with van der Waals surface area (Å²) >= 11 is 0. The van der Waals surface area contributed by atoms with Crippen molar-refractivity contribution in [3.8, 4) is 0 Å². The molecule has 3 heteroatoms. The van der Waals surface area contributed by atoms with Gasteiger partial charge in [-0.05, 0) is 43.9 Å². The fourth-order valence-electron chi connectivity index (χ4n) is 2.79. The van der Waals surface area contributed by atoms with E-state index in [2.05, 4.69) is 86.5 Å². The normalized spacial score (nSPS) is 15.0. The molecule has 0 fully saturated rings. The van der Waals surface area contributed by atoms with E-state index < -0.39 is 0 Å². The lowest BCUT2D eigenvalue weighted by atomic mass is 10.1. The number of rotatable bonds is 4. The summed E-state index contributed by atoms with van der Waals surface area (Å²) in [7, 11) is 8.30. The number of hydrogen-bond acceptors (Lipinski definition) is 3. The molecule has 0 bridgehead atoms. The summed E-state index contributed by atoms with van der Waals surface area (Å²) in [5.74, 6) is 0. The summed E-state index contributed by atoms with van der Waals surface area (Å²) < 4.78 is 0. The van der Waals surface area contributed by atoms with Gasteiger partial charge in [0.2, 0.25) is 0 Å². The first-order chi connectivity index (χ1) is 11.0. The fourth-order valence-corrected chi connectivity index (χ4v) is 2.79. The van der Waals surface area contributed by atoms with Gasteiger partial charge in [0.25, 0.3) is 0 Å². The van der Waals surface area contributed by atoms with Gasteiger partial charge in [0.15, 0.2) is 0 Å². The summed E-state index contributed by atoms with van der Waals surface area (Å²) in [6, 6.07) is 16.9. The van der Waals surface area contributed by atoms with Crippen molar-refractivity contribution >= 4 is 17.3 Å². The van der Waals surface area contributed by atoms with Crippen LogP contribution in [0.2, 0.25) is 0 Å². The summed E-state index contributed by atoms with van der Waals surface area (Å²) in [5, 5.41) is 2.32. The third-order valence-electron chi connectivity index (χ3n) is 3.97. The lowest BCUT2D eigenvalue weighted by molar-refractivity contribution is 0.462. The zero-order chi connectivity index (χ0) is 16.4. The van der Waals surface area contributed by atoms with Gasteiger partial charge in [0.1, 0.15) is 0 Å².